The third kappa shape index (κ3) is 6.51. The first-order valence-corrected chi connectivity index (χ1v) is 11.6. The van der Waals surface area contributed by atoms with E-state index >= 15 is 0 Å². The number of nitrogens with one attached hydrogen (secondary N) is 2. The molecule has 0 saturated heterocycles. The van der Waals surface area contributed by atoms with E-state index < -0.39 is 40.0 Å². The van der Waals surface area contributed by atoms with Crippen molar-refractivity contribution in [3.63, 3.8) is 0 Å². The van der Waals surface area contributed by atoms with E-state index in [4.69, 9.17) is 4.74 Å². The van der Waals surface area contributed by atoms with Crippen molar-refractivity contribution in [2.75, 3.05) is 24.7 Å². The number of esters is 1. The van der Waals surface area contributed by atoms with Crippen LogP contribution >= 0.6 is 11.8 Å². The first kappa shape index (κ1) is 24.3. The van der Waals surface area contributed by atoms with Crippen LogP contribution < -0.4 is 10.0 Å². The number of nitrogens with zero attached hydrogens (tertiary/aromatic N) is 1. The molecule has 0 bridgehead atoms. The molecule has 0 atom stereocenters. The maximum atomic E-state index is 12.3. The second kappa shape index (κ2) is 10.4. The summed E-state index contributed by atoms with van der Waals surface area (Å²) in [4.78, 5) is 34.2. The number of sulfonamides is 1. The van der Waals surface area contributed by atoms with E-state index in [1.54, 1.807) is 18.4 Å². The molecule has 2 aromatic rings. The van der Waals surface area contributed by atoms with Gasteiger partial charge in [0, 0.05) is 11.8 Å². The number of hydrogen-bond donors (Lipinski definition) is 2. The predicted octanol–water partition coefficient (Wildman–Crippen LogP) is 2.39. The maximum absolute atomic E-state index is 12.3. The van der Waals surface area contributed by atoms with Crippen LogP contribution in [0.2, 0.25) is 0 Å². The highest BCUT2D eigenvalue weighted by Crippen LogP contribution is 2.29. The van der Waals surface area contributed by atoms with Gasteiger partial charge in [-0.2, -0.15) is 4.72 Å². The van der Waals surface area contributed by atoms with Crippen LogP contribution in [0.4, 0.5) is 11.4 Å². The monoisotopic (exact) mass is 467 g/mol. The van der Waals surface area contributed by atoms with E-state index in [0.717, 1.165) is 29.0 Å². The number of carbonyl (C=O) groups excluding carboxylic acids is 2. The van der Waals surface area contributed by atoms with E-state index in [-0.39, 0.29) is 10.6 Å². The number of carbonyl (C=O) groups is 2. The molecule has 0 aliphatic carbocycles. The number of aryl methyl sites for hydroxylation is 1. The van der Waals surface area contributed by atoms with Gasteiger partial charge in [0.25, 0.3) is 11.6 Å². The van der Waals surface area contributed by atoms with Gasteiger partial charge in [0.1, 0.15) is 6.54 Å². The molecule has 0 aromatic heterocycles. The summed E-state index contributed by atoms with van der Waals surface area (Å²) in [5.41, 5.74) is 2.07. The Morgan fingerprint density at radius 2 is 1.90 bits per heavy atom. The molecule has 0 fully saturated rings. The minimum atomic E-state index is -4.20. The number of hydrogen-bond acceptors (Lipinski definition) is 8. The number of amides is 1. The lowest BCUT2D eigenvalue weighted by atomic mass is 10.1. The molecule has 0 heterocycles. The third-order valence-corrected chi connectivity index (χ3v) is 6.49. The van der Waals surface area contributed by atoms with Crippen molar-refractivity contribution in [2.24, 2.45) is 0 Å². The Bertz CT molecular complexity index is 1120. The minimum Gasteiger partial charge on any atom is -0.455 e. The third-order valence-electron chi connectivity index (χ3n) is 4.31. The van der Waals surface area contributed by atoms with Gasteiger partial charge in [-0.3, -0.25) is 19.7 Å². The van der Waals surface area contributed by atoms with Crippen molar-refractivity contribution in [1.29, 1.82) is 0 Å². The van der Waals surface area contributed by atoms with Gasteiger partial charge in [0.2, 0.25) is 10.0 Å². The molecule has 0 spiro atoms. The Balaban J connectivity index is 1.93. The lowest BCUT2D eigenvalue weighted by Crippen LogP contribution is -2.32. The minimum absolute atomic E-state index is 0.304. The van der Waals surface area contributed by atoms with Gasteiger partial charge in [-0.05, 0) is 49.4 Å². The lowest BCUT2D eigenvalue weighted by Gasteiger charge is -2.11. The van der Waals surface area contributed by atoms with Crippen molar-refractivity contribution < 1.29 is 27.7 Å². The Hall–Kier alpha value is -2.96. The summed E-state index contributed by atoms with van der Waals surface area (Å²) in [5.74, 6) is -1.55. The first-order valence-electron chi connectivity index (χ1n) is 8.89. The van der Waals surface area contributed by atoms with Gasteiger partial charge >= 0.3 is 5.97 Å². The Kier molecular flexibility index (Phi) is 8.14. The Morgan fingerprint density at radius 1 is 1.19 bits per heavy atom. The van der Waals surface area contributed by atoms with Crippen LogP contribution in [0.15, 0.2) is 46.2 Å². The highest BCUT2D eigenvalue weighted by Gasteiger charge is 2.22. The fourth-order valence-corrected chi connectivity index (χ4v) is 4.02. The molecule has 2 aromatic carbocycles. The maximum Gasteiger partial charge on any atom is 0.321 e. The number of ether oxygens (including phenoxy) is 1. The van der Waals surface area contributed by atoms with E-state index in [2.05, 4.69) is 5.32 Å². The number of benzene rings is 2. The number of thioether (sulfide) groups is 1. The molecule has 166 valence electrons. The van der Waals surface area contributed by atoms with Gasteiger partial charge in [0.15, 0.2) is 6.61 Å². The summed E-state index contributed by atoms with van der Waals surface area (Å²) in [6.45, 7) is 2.39. The Labute approximate surface area is 183 Å². The SMILES string of the molecule is CSc1ccc(S(=O)(=O)NCC(=O)OCC(=O)Nc2cccc(C)c2C)cc1[N+](=O)[O-]. The molecule has 12 heteroatoms. The summed E-state index contributed by atoms with van der Waals surface area (Å²) in [6.07, 6.45) is 1.63. The summed E-state index contributed by atoms with van der Waals surface area (Å²) >= 11 is 1.10. The predicted molar refractivity (Wildman–Crippen MR) is 116 cm³/mol. The van der Waals surface area contributed by atoms with Gasteiger partial charge in [-0.15, -0.1) is 11.8 Å². The summed E-state index contributed by atoms with van der Waals surface area (Å²) in [5, 5.41) is 13.7. The molecule has 0 aliphatic rings. The van der Waals surface area contributed by atoms with Crippen LogP contribution in [0.3, 0.4) is 0 Å². The van der Waals surface area contributed by atoms with Crippen molar-refractivity contribution in [1.82, 2.24) is 4.72 Å². The second-order valence-corrected chi connectivity index (χ2v) is 8.99. The highest BCUT2D eigenvalue weighted by atomic mass is 32.2. The topological polar surface area (TPSA) is 145 Å². The molecular formula is C19H21N3O7S2. The first-order chi connectivity index (χ1) is 14.5. The molecule has 0 unspecified atom stereocenters. The largest absolute Gasteiger partial charge is 0.455 e. The summed E-state index contributed by atoms with van der Waals surface area (Å²) in [6, 6.07) is 8.79. The lowest BCUT2D eigenvalue weighted by molar-refractivity contribution is -0.388. The molecule has 0 saturated carbocycles. The van der Waals surface area contributed by atoms with Crippen LogP contribution in [0.25, 0.3) is 0 Å². The molecule has 31 heavy (non-hydrogen) atoms. The number of nitro groups is 1. The average molecular weight is 468 g/mol. The van der Waals surface area contributed by atoms with Gasteiger partial charge in [0.05, 0.1) is 14.7 Å². The van der Waals surface area contributed by atoms with E-state index in [1.165, 1.54) is 12.1 Å². The Morgan fingerprint density at radius 3 is 2.55 bits per heavy atom. The van der Waals surface area contributed by atoms with E-state index in [9.17, 15) is 28.1 Å². The van der Waals surface area contributed by atoms with Crippen LogP contribution in [0.1, 0.15) is 11.1 Å². The zero-order valence-electron chi connectivity index (χ0n) is 17.0. The van der Waals surface area contributed by atoms with Crippen molar-refractivity contribution in [3.8, 4) is 0 Å². The fourth-order valence-electron chi connectivity index (χ4n) is 2.49. The normalized spacial score (nSPS) is 11.1. The molecule has 0 radical (unpaired) electrons. The van der Waals surface area contributed by atoms with Crippen LogP contribution in [0.5, 0.6) is 0 Å². The highest BCUT2D eigenvalue weighted by molar-refractivity contribution is 7.98. The number of rotatable bonds is 9. The number of anilines is 1. The summed E-state index contributed by atoms with van der Waals surface area (Å²) < 4.78 is 31.5. The smallest absolute Gasteiger partial charge is 0.321 e. The van der Waals surface area contributed by atoms with Crippen LogP contribution in [-0.2, 0) is 24.3 Å². The van der Waals surface area contributed by atoms with Gasteiger partial charge in [-0.25, -0.2) is 8.42 Å². The second-order valence-electron chi connectivity index (χ2n) is 6.37. The van der Waals surface area contributed by atoms with Crippen molar-refractivity contribution >= 4 is 45.0 Å². The van der Waals surface area contributed by atoms with E-state index in [0.29, 0.717) is 10.6 Å². The molecule has 2 rings (SSSR count). The van der Waals surface area contributed by atoms with Gasteiger partial charge in [-0.1, -0.05) is 12.1 Å². The fraction of sp³-hybridized carbons (Fsp3) is 0.263. The summed E-state index contributed by atoms with van der Waals surface area (Å²) in [7, 11) is -4.20. The standard InChI is InChI=1S/C19H21N3O7S2/c1-12-5-4-6-15(13(12)2)21-18(23)11-29-19(24)10-20-31(27,28)14-7-8-17(30-3)16(9-14)22(25)26/h4-9,20H,10-11H2,1-3H3,(H,21,23). The average Bonchev–Trinajstić information content (AvgIpc) is 2.73. The zero-order chi connectivity index (χ0) is 23.2. The molecular weight excluding hydrogens is 446 g/mol. The van der Waals surface area contributed by atoms with Gasteiger partial charge < -0.3 is 10.1 Å². The van der Waals surface area contributed by atoms with Crippen molar-refractivity contribution in [2.45, 2.75) is 23.6 Å². The zero-order valence-corrected chi connectivity index (χ0v) is 18.6. The van der Waals surface area contributed by atoms with E-state index in [1.807, 2.05) is 24.6 Å². The number of nitro benzene ring substituents is 1. The quantitative estimate of drug-likeness (QED) is 0.247. The molecule has 2 N–H and O–H groups in total. The molecule has 1 amide bonds. The van der Waals surface area contributed by atoms with Crippen molar-refractivity contribution in [3.05, 3.63) is 57.6 Å². The molecule has 10 nitrogen and oxygen atoms in total. The molecule has 0 aliphatic heterocycles. The van der Waals surface area contributed by atoms with Crippen LogP contribution in [-0.4, -0.2) is 44.6 Å². The van der Waals surface area contributed by atoms with Crippen LogP contribution in [0, 0.1) is 24.0 Å².